The summed E-state index contributed by atoms with van der Waals surface area (Å²) in [5, 5.41) is 12.6. The summed E-state index contributed by atoms with van der Waals surface area (Å²) in [7, 11) is 3.67. The Hall–Kier alpha value is -3.69. The third-order valence-corrected chi connectivity index (χ3v) is 5.82. The van der Waals surface area contributed by atoms with Gasteiger partial charge in [0, 0.05) is 67.8 Å². The van der Waals surface area contributed by atoms with Crippen molar-refractivity contribution in [2.75, 3.05) is 59.3 Å². The number of anilines is 1. The van der Waals surface area contributed by atoms with E-state index in [1.165, 1.54) is 0 Å². The molecular weight excluding hydrogens is 434 g/mol. The van der Waals surface area contributed by atoms with Gasteiger partial charge in [0.25, 0.3) is 5.91 Å². The van der Waals surface area contributed by atoms with Gasteiger partial charge in [0.05, 0.1) is 6.61 Å². The van der Waals surface area contributed by atoms with Crippen LogP contribution in [0.15, 0.2) is 53.1 Å². The van der Waals surface area contributed by atoms with Crippen LogP contribution in [0.1, 0.15) is 21.7 Å². The lowest BCUT2D eigenvalue weighted by Crippen LogP contribution is -2.47. The molecule has 1 aromatic heterocycles. The van der Waals surface area contributed by atoms with Crippen molar-refractivity contribution in [2.45, 2.75) is 0 Å². The zero-order chi connectivity index (χ0) is 24.1. The first-order valence-electron chi connectivity index (χ1n) is 11.1. The number of amides is 1. The number of piperazine rings is 1. The third kappa shape index (κ3) is 5.27. The lowest BCUT2D eigenvalue weighted by atomic mass is 10.0. The number of ether oxygens (including phenoxy) is 2. The average Bonchev–Trinajstić information content (AvgIpc) is 3.34. The average molecular weight is 464 g/mol. The van der Waals surface area contributed by atoms with E-state index < -0.39 is 0 Å². The number of aromatic nitrogens is 1. The molecule has 1 fully saturated rings. The predicted octanol–water partition coefficient (Wildman–Crippen LogP) is 2.75. The fourth-order valence-electron chi connectivity index (χ4n) is 3.74. The Balaban J connectivity index is 1.44. The summed E-state index contributed by atoms with van der Waals surface area (Å²) >= 11 is 0. The Morgan fingerprint density at radius 2 is 1.82 bits per heavy atom. The largest absolute Gasteiger partial charge is 0.491 e. The van der Waals surface area contributed by atoms with E-state index in [9.17, 15) is 4.79 Å². The molecule has 9 nitrogen and oxygen atoms in total. The van der Waals surface area contributed by atoms with E-state index in [1.54, 1.807) is 43.5 Å². The number of carbonyl (C=O) groups is 1. The number of hydrogen-bond acceptors (Lipinski definition) is 8. The molecule has 4 rings (SSSR count). The fraction of sp³-hybridized carbons (Fsp3) is 0.320. The van der Waals surface area contributed by atoms with Crippen LogP contribution in [0.5, 0.6) is 5.75 Å². The minimum Gasteiger partial charge on any atom is -0.491 e. The number of nitrogens with one attached hydrogen (secondary N) is 1. The lowest BCUT2D eigenvalue weighted by Gasteiger charge is -2.32. The fourth-order valence-corrected chi connectivity index (χ4v) is 3.74. The van der Waals surface area contributed by atoms with Gasteiger partial charge in [-0.1, -0.05) is 17.3 Å². The molecule has 0 aliphatic carbocycles. The monoisotopic (exact) mass is 463 g/mol. The van der Waals surface area contributed by atoms with E-state index >= 15 is 0 Å². The van der Waals surface area contributed by atoms with E-state index in [4.69, 9.17) is 25.1 Å². The van der Waals surface area contributed by atoms with E-state index in [2.05, 4.69) is 17.1 Å². The summed E-state index contributed by atoms with van der Waals surface area (Å²) in [5.41, 5.74) is 9.22. The molecular formula is C25H29N5O4. The van der Waals surface area contributed by atoms with E-state index in [0.29, 0.717) is 47.2 Å². The first kappa shape index (κ1) is 23.5. The van der Waals surface area contributed by atoms with Crippen LogP contribution >= 0.6 is 0 Å². The Kier molecular flexibility index (Phi) is 7.24. The Labute approximate surface area is 198 Å². The van der Waals surface area contributed by atoms with Crippen molar-refractivity contribution in [1.29, 1.82) is 5.41 Å². The van der Waals surface area contributed by atoms with Crippen LogP contribution in [0, 0.1) is 5.41 Å². The maximum atomic E-state index is 12.8. The molecule has 1 aliphatic rings. The maximum Gasteiger partial charge on any atom is 0.253 e. The van der Waals surface area contributed by atoms with Gasteiger partial charge in [-0.2, -0.15) is 0 Å². The Morgan fingerprint density at radius 1 is 1.09 bits per heavy atom. The van der Waals surface area contributed by atoms with Crippen molar-refractivity contribution >= 4 is 17.3 Å². The number of nitrogens with two attached hydrogens (primary N) is 1. The molecule has 0 bridgehead atoms. The van der Waals surface area contributed by atoms with Crippen molar-refractivity contribution in [3.63, 3.8) is 0 Å². The number of hydrogen-bond donors (Lipinski definition) is 2. The van der Waals surface area contributed by atoms with Crippen molar-refractivity contribution in [1.82, 2.24) is 15.0 Å². The van der Waals surface area contributed by atoms with Crippen LogP contribution in [0.25, 0.3) is 11.3 Å². The van der Waals surface area contributed by atoms with Crippen LogP contribution < -0.4 is 10.5 Å². The quantitative estimate of drug-likeness (QED) is 0.300. The highest BCUT2D eigenvalue weighted by molar-refractivity contribution is 6.12. The van der Waals surface area contributed by atoms with Gasteiger partial charge in [-0.15, -0.1) is 0 Å². The molecule has 2 aromatic carbocycles. The van der Waals surface area contributed by atoms with Crippen LogP contribution in [0.2, 0.25) is 0 Å². The van der Waals surface area contributed by atoms with E-state index in [-0.39, 0.29) is 11.6 Å². The standard InChI is InChI=1S/C25H29N5O4/c1-29-9-11-30(12-10-29)25(31)18-5-3-17(4-6-18)22-16-23(34-28-22)24(27)20-8-7-19(15-21(20)26)33-14-13-32-2/h3-8,15-16,27H,9-14,26H2,1-2H3. The smallest absolute Gasteiger partial charge is 0.253 e. The molecule has 34 heavy (non-hydrogen) atoms. The molecule has 3 aromatic rings. The van der Waals surface area contributed by atoms with Crippen molar-refractivity contribution in [3.8, 4) is 17.0 Å². The number of likely N-dealkylation sites (N-methyl/N-ethyl adjacent to an activating group) is 1. The molecule has 1 aliphatic heterocycles. The second-order valence-corrected chi connectivity index (χ2v) is 8.21. The van der Waals surface area contributed by atoms with E-state index in [1.807, 2.05) is 17.0 Å². The molecule has 1 saturated heterocycles. The highest BCUT2D eigenvalue weighted by atomic mass is 16.5. The summed E-state index contributed by atoms with van der Waals surface area (Å²) in [6.45, 7) is 4.11. The lowest BCUT2D eigenvalue weighted by molar-refractivity contribution is 0.0664. The number of methoxy groups -OCH3 is 1. The Bertz CT molecular complexity index is 1150. The number of rotatable bonds is 8. The summed E-state index contributed by atoms with van der Waals surface area (Å²) < 4.78 is 16.0. The van der Waals surface area contributed by atoms with Crippen molar-refractivity contribution < 1.29 is 18.8 Å². The van der Waals surface area contributed by atoms with Gasteiger partial charge >= 0.3 is 0 Å². The summed E-state index contributed by atoms with van der Waals surface area (Å²) in [6, 6.07) is 14.1. The third-order valence-electron chi connectivity index (χ3n) is 5.82. The van der Waals surface area contributed by atoms with Gasteiger partial charge in [0.2, 0.25) is 0 Å². The minimum atomic E-state index is 0.0346. The second-order valence-electron chi connectivity index (χ2n) is 8.21. The SMILES string of the molecule is COCCOc1ccc(C(=N)c2cc(-c3ccc(C(=O)N4CCN(C)CC4)cc3)no2)c(N)c1. The molecule has 3 N–H and O–H groups in total. The number of carbonyl (C=O) groups excluding carboxylic acids is 1. The van der Waals surface area contributed by atoms with Gasteiger partial charge in [-0.3, -0.25) is 10.2 Å². The molecule has 0 unspecified atom stereocenters. The molecule has 2 heterocycles. The van der Waals surface area contributed by atoms with Crippen LogP contribution in [-0.4, -0.2) is 80.1 Å². The molecule has 0 spiro atoms. The molecule has 178 valence electrons. The predicted molar refractivity (Wildman–Crippen MR) is 129 cm³/mol. The van der Waals surface area contributed by atoms with Gasteiger partial charge in [-0.25, -0.2) is 0 Å². The van der Waals surface area contributed by atoms with Gasteiger partial charge in [-0.05, 0) is 31.3 Å². The van der Waals surface area contributed by atoms with Crippen molar-refractivity contribution in [3.05, 3.63) is 65.4 Å². The highest BCUT2D eigenvalue weighted by Crippen LogP contribution is 2.25. The molecule has 0 atom stereocenters. The number of nitrogen functional groups attached to an aromatic ring is 1. The van der Waals surface area contributed by atoms with Gasteiger partial charge < -0.3 is 29.5 Å². The first-order chi connectivity index (χ1) is 16.5. The zero-order valence-corrected chi connectivity index (χ0v) is 19.4. The van der Waals surface area contributed by atoms with E-state index in [0.717, 1.165) is 31.7 Å². The normalized spacial score (nSPS) is 14.2. The number of nitrogens with zero attached hydrogens (tertiary/aromatic N) is 3. The first-order valence-corrected chi connectivity index (χ1v) is 11.1. The van der Waals surface area contributed by atoms with Crippen molar-refractivity contribution in [2.24, 2.45) is 0 Å². The zero-order valence-electron chi connectivity index (χ0n) is 19.4. The summed E-state index contributed by atoms with van der Waals surface area (Å²) in [6.07, 6.45) is 0. The van der Waals surface area contributed by atoms with Crippen LogP contribution in [0.4, 0.5) is 5.69 Å². The molecule has 0 radical (unpaired) electrons. The van der Waals surface area contributed by atoms with Crippen LogP contribution in [-0.2, 0) is 4.74 Å². The summed E-state index contributed by atoms with van der Waals surface area (Å²) in [5.74, 6) is 0.940. The molecule has 0 saturated carbocycles. The molecule has 1 amide bonds. The minimum absolute atomic E-state index is 0.0346. The van der Waals surface area contributed by atoms with Gasteiger partial charge in [0.1, 0.15) is 23.8 Å². The highest BCUT2D eigenvalue weighted by Gasteiger charge is 2.21. The number of benzene rings is 2. The van der Waals surface area contributed by atoms with Crippen LogP contribution in [0.3, 0.4) is 0 Å². The topological polar surface area (TPSA) is 118 Å². The molecule has 9 heteroatoms. The Morgan fingerprint density at radius 3 is 2.50 bits per heavy atom. The second kappa shape index (κ2) is 10.5. The van der Waals surface area contributed by atoms with Gasteiger partial charge in [0.15, 0.2) is 5.76 Å². The summed E-state index contributed by atoms with van der Waals surface area (Å²) in [4.78, 5) is 16.8. The maximum absolute atomic E-state index is 12.8.